The Labute approximate surface area is 115 Å². The van der Waals surface area contributed by atoms with Crippen LogP contribution in [0.5, 0.6) is 0 Å². The van der Waals surface area contributed by atoms with E-state index in [4.69, 9.17) is 4.74 Å². The first-order valence-electron chi connectivity index (χ1n) is 5.06. The zero-order valence-corrected chi connectivity index (χ0v) is 11.5. The summed E-state index contributed by atoms with van der Waals surface area (Å²) in [7, 11) is 1.11. The van der Waals surface area contributed by atoms with Crippen LogP contribution in [0, 0.1) is 11.6 Å². The lowest BCUT2D eigenvalue weighted by Gasteiger charge is -2.11. The average molecular weight is 340 g/mol. The van der Waals surface area contributed by atoms with Gasteiger partial charge in [0, 0.05) is 23.5 Å². The minimum Gasteiger partial charge on any atom is -0.438 e. The highest BCUT2D eigenvalue weighted by atomic mass is 79.9. The van der Waals surface area contributed by atoms with Crippen LogP contribution in [0.25, 0.3) is 5.76 Å². The Morgan fingerprint density at radius 1 is 1.37 bits per heavy atom. The van der Waals surface area contributed by atoms with Crippen molar-refractivity contribution in [3.8, 4) is 0 Å². The second-order valence-electron chi connectivity index (χ2n) is 3.44. The molecule has 19 heavy (non-hydrogen) atoms. The molecule has 1 rings (SSSR count). The first-order chi connectivity index (χ1) is 8.90. The molecule has 0 radical (unpaired) electrons. The van der Waals surface area contributed by atoms with Gasteiger partial charge in [-0.05, 0) is 12.1 Å². The van der Waals surface area contributed by atoms with E-state index in [9.17, 15) is 17.6 Å². The van der Waals surface area contributed by atoms with Crippen LogP contribution in [-0.2, 0) is 10.1 Å². The number of rotatable bonds is 4. The monoisotopic (exact) mass is 339 g/mol. The minimum absolute atomic E-state index is 0.00299. The Morgan fingerprint density at radius 3 is 2.26 bits per heavy atom. The average Bonchev–Trinajstić information content (AvgIpc) is 2.34. The maximum absolute atomic E-state index is 13.5. The van der Waals surface area contributed by atoms with Crippen LogP contribution < -0.4 is 0 Å². The van der Waals surface area contributed by atoms with Crippen molar-refractivity contribution in [2.45, 2.75) is 11.8 Å². The highest BCUT2D eigenvalue weighted by Gasteiger charge is 2.18. The molecule has 0 aliphatic rings. The van der Waals surface area contributed by atoms with Gasteiger partial charge < -0.3 is 4.74 Å². The summed E-state index contributed by atoms with van der Waals surface area (Å²) in [5.74, 6) is -2.80. The van der Waals surface area contributed by atoms with Gasteiger partial charge in [-0.3, -0.25) is 4.99 Å². The highest BCUT2D eigenvalue weighted by Crippen LogP contribution is 2.23. The Hall–Kier alpha value is -1.37. The summed E-state index contributed by atoms with van der Waals surface area (Å²) in [6.07, 6.45) is -2.93. The third-order valence-electron chi connectivity index (χ3n) is 2.23. The van der Waals surface area contributed by atoms with E-state index in [1.54, 1.807) is 0 Å². The number of benzene rings is 1. The van der Waals surface area contributed by atoms with Crippen LogP contribution in [0.3, 0.4) is 0 Å². The number of halogens is 5. The van der Waals surface area contributed by atoms with Gasteiger partial charge >= 0.3 is 6.43 Å². The third-order valence-corrected chi connectivity index (χ3v) is 2.79. The Balaban J connectivity index is 3.02. The SMILES string of the molecule is C=C(OC(=NC)C(F)F)c1cc(F)c(CBr)c(F)c1. The van der Waals surface area contributed by atoms with Gasteiger partial charge in [0.1, 0.15) is 17.4 Å². The summed E-state index contributed by atoms with van der Waals surface area (Å²) in [4.78, 5) is 3.22. The number of aliphatic imine (C=N–C) groups is 1. The molecule has 0 aliphatic heterocycles. The van der Waals surface area contributed by atoms with Crippen molar-refractivity contribution in [1.82, 2.24) is 0 Å². The largest absolute Gasteiger partial charge is 0.438 e. The van der Waals surface area contributed by atoms with Crippen LogP contribution in [0.1, 0.15) is 11.1 Å². The van der Waals surface area contributed by atoms with E-state index in [-0.39, 0.29) is 22.2 Å². The van der Waals surface area contributed by atoms with Crippen molar-refractivity contribution in [2.24, 2.45) is 4.99 Å². The minimum atomic E-state index is -2.93. The van der Waals surface area contributed by atoms with Gasteiger partial charge in [0.15, 0.2) is 0 Å². The second-order valence-corrected chi connectivity index (χ2v) is 4.00. The predicted molar refractivity (Wildman–Crippen MR) is 68.5 cm³/mol. The lowest BCUT2D eigenvalue weighted by Crippen LogP contribution is -2.14. The van der Waals surface area contributed by atoms with Gasteiger partial charge in [0.25, 0.3) is 5.90 Å². The smallest absolute Gasteiger partial charge is 0.312 e. The molecule has 0 atom stereocenters. The molecule has 2 nitrogen and oxygen atoms in total. The molecule has 0 aromatic heterocycles. The standard InChI is InChI=1S/C12H10BrF4NO/c1-6(19-12(18-2)11(16)17)7-3-9(14)8(5-13)10(15)4-7/h3-4,11H,1,5H2,2H3. The zero-order valence-electron chi connectivity index (χ0n) is 9.89. The normalized spacial score (nSPS) is 11.8. The fourth-order valence-electron chi connectivity index (χ4n) is 1.26. The molecule has 0 unspecified atom stereocenters. The molecule has 0 saturated carbocycles. The van der Waals surface area contributed by atoms with Crippen molar-refractivity contribution in [1.29, 1.82) is 0 Å². The second kappa shape index (κ2) is 6.70. The lowest BCUT2D eigenvalue weighted by molar-refractivity contribution is 0.196. The molecule has 0 saturated heterocycles. The first kappa shape index (κ1) is 15.7. The number of ether oxygens (including phenoxy) is 1. The van der Waals surface area contributed by atoms with Crippen molar-refractivity contribution in [3.63, 3.8) is 0 Å². The van der Waals surface area contributed by atoms with Crippen LogP contribution in [0.2, 0.25) is 0 Å². The highest BCUT2D eigenvalue weighted by molar-refractivity contribution is 9.08. The van der Waals surface area contributed by atoms with Crippen molar-refractivity contribution in [3.05, 3.63) is 41.5 Å². The summed E-state index contributed by atoms with van der Waals surface area (Å²) >= 11 is 2.94. The molecule has 1 aromatic carbocycles. The summed E-state index contributed by atoms with van der Waals surface area (Å²) in [5.41, 5.74) is -0.226. The van der Waals surface area contributed by atoms with Gasteiger partial charge in [0.05, 0.1) is 0 Å². The van der Waals surface area contributed by atoms with Gasteiger partial charge in [0.2, 0.25) is 0 Å². The third kappa shape index (κ3) is 3.79. The number of nitrogens with zero attached hydrogens (tertiary/aromatic N) is 1. The molecule has 0 spiro atoms. The first-order valence-corrected chi connectivity index (χ1v) is 6.18. The van der Waals surface area contributed by atoms with E-state index < -0.39 is 24.0 Å². The lowest BCUT2D eigenvalue weighted by atomic mass is 10.1. The van der Waals surface area contributed by atoms with Gasteiger partial charge in [-0.25, -0.2) is 8.78 Å². The molecule has 104 valence electrons. The molecule has 7 heteroatoms. The molecular formula is C12H10BrF4NO. The van der Waals surface area contributed by atoms with Crippen LogP contribution >= 0.6 is 15.9 Å². The van der Waals surface area contributed by atoms with Crippen molar-refractivity contribution < 1.29 is 22.3 Å². The Morgan fingerprint density at radius 2 is 1.89 bits per heavy atom. The van der Waals surface area contributed by atoms with Crippen molar-refractivity contribution in [2.75, 3.05) is 7.05 Å². The van der Waals surface area contributed by atoms with Crippen LogP contribution in [-0.4, -0.2) is 19.4 Å². The fraction of sp³-hybridized carbons (Fsp3) is 0.250. The number of alkyl halides is 3. The number of hydrogen-bond acceptors (Lipinski definition) is 2. The molecule has 0 amide bonds. The molecule has 0 bridgehead atoms. The molecule has 0 aliphatic carbocycles. The Kier molecular flexibility index (Phi) is 5.53. The Bertz CT molecular complexity index is 493. The van der Waals surface area contributed by atoms with Crippen LogP contribution in [0.15, 0.2) is 23.7 Å². The van der Waals surface area contributed by atoms with E-state index >= 15 is 0 Å². The predicted octanol–water partition coefficient (Wildman–Crippen LogP) is 4.14. The topological polar surface area (TPSA) is 21.6 Å². The van der Waals surface area contributed by atoms with E-state index in [2.05, 4.69) is 27.5 Å². The summed E-state index contributed by atoms with van der Waals surface area (Å²) in [6.45, 7) is 3.35. The van der Waals surface area contributed by atoms with Gasteiger partial charge in [-0.2, -0.15) is 8.78 Å². The quantitative estimate of drug-likeness (QED) is 0.265. The molecule has 0 fully saturated rings. The molecular weight excluding hydrogens is 330 g/mol. The maximum atomic E-state index is 13.5. The summed E-state index contributed by atoms with van der Waals surface area (Å²) in [5, 5.41) is -0.00299. The molecule has 1 aromatic rings. The summed E-state index contributed by atoms with van der Waals surface area (Å²) in [6, 6.07) is 1.92. The van der Waals surface area contributed by atoms with Crippen molar-refractivity contribution >= 4 is 27.6 Å². The van der Waals surface area contributed by atoms with E-state index in [0.29, 0.717) is 0 Å². The number of hydrogen-bond donors (Lipinski definition) is 0. The molecule has 0 heterocycles. The van der Waals surface area contributed by atoms with E-state index in [1.807, 2.05) is 0 Å². The van der Waals surface area contributed by atoms with Gasteiger partial charge in [-0.15, -0.1) is 0 Å². The zero-order chi connectivity index (χ0) is 14.6. The maximum Gasteiger partial charge on any atom is 0.312 e. The van der Waals surface area contributed by atoms with E-state index in [1.165, 1.54) is 0 Å². The summed E-state index contributed by atoms with van der Waals surface area (Å²) < 4.78 is 56.5. The van der Waals surface area contributed by atoms with Gasteiger partial charge in [-0.1, -0.05) is 22.5 Å². The fourth-order valence-corrected chi connectivity index (χ4v) is 1.80. The van der Waals surface area contributed by atoms with E-state index in [0.717, 1.165) is 19.2 Å². The van der Waals surface area contributed by atoms with Crippen LogP contribution in [0.4, 0.5) is 17.6 Å². The molecule has 0 N–H and O–H groups in total.